The molecule has 1 atom stereocenters. The summed E-state index contributed by atoms with van der Waals surface area (Å²) in [6.07, 6.45) is 2.08. The third kappa shape index (κ3) is 3.08. The van der Waals surface area contributed by atoms with E-state index in [2.05, 4.69) is 21.0 Å². The number of benzene rings is 2. The Morgan fingerprint density at radius 1 is 1.15 bits per heavy atom. The number of furan rings is 1. The first-order chi connectivity index (χ1) is 12.6. The predicted molar refractivity (Wildman–Crippen MR) is 99.3 cm³/mol. The van der Waals surface area contributed by atoms with Gasteiger partial charge in [-0.2, -0.15) is 5.10 Å². The van der Waals surface area contributed by atoms with Gasteiger partial charge in [0.2, 0.25) is 0 Å². The van der Waals surface area contributed by atoms with Gasteiger partial charge in [0.05, 0.1) is 12.3 Å². The molecule has 2 aromatic carbocycles. The number of carbonyl (C=O) groups excluding carboxylic acids is 1. The topological polar surface area (TPSA) is 45.8 Å². The molecule has 0 spiro atoms. The van der Waals surface area contributed by atoms with Crippen LogP contribution in [0.25, 0.3) is 0 Å². The Balaban J connectivity index is 1.76. The van der Waals surface area contributed by atoms with Crippen LogP contribution in [-0.4, -0.2) is 16.6 Å². The molecule has 0 bridgehead atoms. The quantitative estimate of drug-likeness (QED) is 0.595. The number of nitrogens with zero attached hydrogens (tertiary/aromatic N) is 2. The lowest BCUT2D eigenvalue weighted by molar-refractivity contribution is 0.0710. The molecule has 1 aromatic heterocycles. The minimum Gasteiger partial charge on any atom is -0.463 e. The first-order valence-corrected chi connectivity index (χ1v) is 8.87. The standard InChI is InChI=1S/C20H14BrFN2O2/c21-16-8-2-1-7-15(16)18-12-17(19-9-4-10-26-19)23-24(18)20(25)13-5-3-6-14(22)11-13/h1-11,18H,12H2/t18-/m1/s1. The Morgan fingerprint density at radius 3 is 2.73 bits per heavy atom. The highest BCUT2D eigenvalue weighted by Crippen LogP contribution is 2.37. The van der Waals surface area contributed by atoms with Gasteiger partial charge in [0, 0.05) is 16.5 Å². The van der Waals surface area contributed by atoms with Gasteiger partial charge in [-0.15, -0.1) is 0 Å². The van der Waals surface area contributed by atoms with Gasteiger partial charge in [0.25, 0.3) is 5.91 Å². The summed E-state index contributed by atoms with van der Waals surface area (Å²) >= 11 is 3.55. The fourth-order valence-electron chi connectivity index (χ4n) is 3.03. The lowest BCUT2D eigenvalue weighted by Gasteiger charge is -2.23. The summed E-state index contributed by atoms with van der Waals surface area (Å²) in [7, 11) is 0. The zero-order chi connectivity index (χ0) is 18.1. The summed E-state index contributed by atoms with van der Waals surface area (Å²) in [5.41, 5.74) is 1.87. The van der Waals surface area contributed by atoms with E-state index in [-0.39, 0.29) is 17.5 Å². The molecule has 0 saturated carbocycles. The third-order valence-corrected chi connectivity index (χ3v) is 4.98. The lowest BCUT2D eigenvalue weighted by Crippen LogP contribution is -2.27. The molecule has 0 N–H and O–H groups in total. The maximum atomic E-state index is 13.6. The van der Waals surface area contributed by atoms with Crippen molar-refractivity contribution in [2.75, 3.05) is 0 Å². The van der Waals surface area contributed by atoms with E-state index < -0.39 is 5.82 Å². The number of hydrazone groups is 1. The SMILES string of the molecule is O=C(c1cccc(F)c1)N1N=C(c2ccco2)C[C@@H]1c1ccccc1Br. The molecule has 26 heavy (non-hydrogen) atoms. The fraction of sp³-hybridized carbons (Fsp3) is 0.100. The molecule has 0 aliphatic carbocycles. The molecule has 2 heterocycles. The second kappa shape index (κ2) is 6.88. The second-order valence-corrected chi connectivity index (χ2v) is 6.78. The summed E-state index contributed by atoms with van der Waals surface area (Å²) in [5.74, 6) is -0.189. The Morgan fingerprint density at radius 2 is 2.00 bits per heavy atom. The van der Waals surface area contributed by atoms with Crippen LogP contribution in [0.5, 0.6) is 0 Å². The van der Waals surface area contributed by atoms with Crippen LogP contribution in [0.4, 0.5) is 4.39 Å². The van der Waals surface area contributed by atoms with Crippen LogP contribution in [0, 0.1) is 5.82 Å². The number of halogens is 2. The predicted octanol–water partition coefficient (Wildman–Crippen LogP) is 5.17. The Labute approximate surface area is 158 Å². The number of rotatable bonds is 3. The summed E-state index contributed by atoms with van der Waals surface area (Å²) in [6.45, 7) is 0. The van der Waals surface area contributed by atoms with Crippen LogP contribution in [0.3, 0.4) is 0 Å². The van der Waals surface area contributed by atoms with E-state index in [0.29, 0.717) is 17.9 Å². The second-order valence-electron chi connectivity index (χ2n) is 5.93. The van der Waals surface area contributed by atoms with Crippen molar-refractivity contribution in [2.24, 2.45) is 5.10 Å². The number of amides is 1. The lowest BCUT2D eigenvalue weighted by atomic mass is 10.0. The minimum absolute atomic E-state index is 0.256. The third-order valence-electron chi connectivity index (χ3n) is 4.26. The van der Waals surface area contributed by atoms with Crippen LogP contribution in [0.15, 0.2) is 80.9 Å². The number of carbonyl (C=O) groups is 1. The maximum Gasteiger partial charge on any atom is 0.274 e. The van der Waals surface area contributed by atoms with Gasteiger partial charge in [-0.05, 0) is 42.0 Å². The molecule has 0 unspecified atom stereocenters. The largest absolute Gasteiger partial charge is 0.463 e. The van der Waals surface area contributed by atoms with Crippen LogP contribution in [0.1, 0.15) is 34.1 Å². The van der Waals surface area contributed by atoms with Crippen molar-refractivity contribution < 1.29 is 13.6 Å². The van der Waals surface area contributed by atoms with Crippen molar-refractivity contribution in [2.45, 2.75) is 12.5 Å². The molecule has 0 fully saturated rings. The molecule has 3 aromatic rings. The smallest absolute Gasteiger partial charge is 0.274 e. The molecule has 1 aliphatic heterocycles. The van der Waals surface area contributed by atoms with E-state index in [1.54, 1.807) is 18.4 Å². The van der Waals surface area contributed by atoms with Gasteiger partial charge < -0.3 is 4.42 Å². The molecular weight excluding hydrogens is 399 g/mol. The molecule has 4 rings (SSSR count). The Kier molecular flexibility index (Phi) is 4.42. The Hall–Kier alpha value is -2.73. The minimum atomic E-state index is -0.456. The first-order valence-electron chi connectivity index (χ1n) is 8.08. The molecule has 1 amide bonds. The van der Waals surface area contributed by atoms with Crippen molar-refractivity contribution >= 4 is 27.5 Å². The van der Waals surface area contributed by atoms with Crippen LogP contribution >= 0.6 is 15.9 Å². The summed E-state index contributed by atoms with van der Waals surface area (Å²) in [4.78, 5) is 13.0. The van der Waals surface area contributed by atoms with Gasteiger partial charge in [-0.1, -0.05) is 40.2 Å². The van der Waals surface area contributed by atoms with E-state index in [0.717, 1.165) is 10.0 Å². The highest BCUT2D eigenvalue weighted by molar-refractivity contribution is 9.10. The fourth-order valence-corrected chi connectivity index (χ4v) is 3.58. The zero-order valence-electron chi connectivity index (χ0n) is 13.6. The molecule has 130 valence electrons. The summed E-state index contributed by atoms with van der Waals surface area (Å²) < 4.78 is 19.9. The van der Waals surface area contributed by atoms with Gasteiger partial charge >= 0.3 is 0 Å². The average molecular weight is 413 g/mol. The van der Waals surface area contributed by atoms with Crippen LogP contribution in [0.2, 0.25) is 0 Å². The monoisotopic (exact) mass is 412 g/mol. The van der Waals surface area contributed by atoms with Gasteiger partial charge in [0.1, 0.15) is 17.3 Å². The summed E-state index contributed by atoms with van der Waals surface area (Å²) in [5, 5.41) is 5.91. The summed E-state index contributed by atoms with van der Waals surface area (Å²) in [6, 6.07) is 16.6. The normalized spacial score (nSPS) is 16.6. The number of hydrogen-bond donors (Lipinski definition) is 0. The van der Waals surface area contributed by atoms with Crippen molar-refractivity contribution in [3.63, 3.8) is 0 Å². The molecule has 1 aliphatic rings. The van der Waals surface area contributed by atoms with Crippen molar-refractivity contribution in [3.05, 3.63) is 94.1 Å². The van der Waals surface area contributed by atoms with Gasteiger partial charge in [-0.3, -0.25) is 4.79 Å². The van der Waals surface area contributed by atoms with Crippen LogP contribution < -0.4 is 0 Å². The molecule has 4 nitrogen and oxygen atoms in total. The number of hydrogen-bond acceptors (Lipinski definition) is 3. The highest BCUT2D eigenvalue weighted by Gasteiger charge is 2.35. The van der Waals surface area contributed by atoms with Crippen molar-refractivity contribution in [1.29, 1.82) is 0 Å². The Bertz CT molecular complexity index is 985. The van der Waals surface area contributed by atoms with E-state index in [1.165, 1.54) is 23.2 Å². The first kappa shape index (κ1) is 16.7. The van der Waals surface area contributed by atoms with Gasteiger partial charge in [0.15, 0.2) is 0 Å². The zero-order valence-corrected chi connectivity index (χ0v) is 15.2. The van der Waals surface area contributed by atoms with Crippen molar-refractivity contribution in [1.82, 2.24) is 5.01 Å². The van der Waals surface area contributed by atoms with E-state index in [9.17, 15) is 9.18 Å². The molecule has 6 heteroatoms. The molecule has 0 saturated heterocycles. The highest BCUT2D eigenvalue weighted by atomic mass is 79.9. The van der Waals surface area contributed by atoms with Crippen LogP contribution in [-0.2, 0) is 0 Å². The maximum absolute atomic E-state index is 13.6. The molecule has 0 radical (unpaired) electrons. The van der Waals surface area contributed by atoms with E-state index >= 15 is 0 Å². The van der Waals surface area contributed by atoms with E-state index in [1.807, 2.05) is 30.3 Å². The van der Waals surface area contributed by atoms with Crippen molar-refractivity contribution in [3.8, 4) is 0 Å². The van der Waals surface area contributed by atoms with Gasteiger partial charge in [-0.25, -0.2) is 9.40 Å². The average Bonchev–Trinajstić information content (AvgIpc) is 3.31. The molecular formula is C20H14BrFN2O2. The van der Waals surface area contributed by atoms with E-state index in [4.69, 9.17) is 4.42 Å².